The maximum absolute atomic E-state index is 12.8. The van der Waals surface area contributed by atoms with Gasteiger partial charge in [0.25, 0.3) is 0 Å². The Hall–Kier alpha value is -3.86. The van der Waals surface area contributed by atoms with E-state index >= 15 is 0 Å². The predicted octanol–water partition coefficient (Wildman–Crippen LogP) is 15.5. The topological polar surface area (TPSA) is 155 Å². The number of hydrogen-bond acceptors (Lipinski definition) is 10. The summed E-state index contributed by atoms with van der Waals surface area (Å²) in [6, 6.07) is 0. The van der Waals surface area contributed by atoms with Crippen LogP contribution in [-0.2, 0) is 42.2 Å². The molecular weight excluding hydrogens is 904 g/mol. The van der Waals surface area contributed by atoms with Crippen LogP contribution >= 0.6 is 7.82 Å². The Morgan fingerprint density at radius 3 is 1.23 bits per heavy atom. The van der Waals surface area contributed by atoms with Gasteiger partial charge in [-0.15, -0.1) is 0 Å². The van der Waals surface area contributed by atoms with Crippen molar-refractivity contribution in [1.82, 2.24) is 0 Å². The zero-order valence-electron chi connectivity index (χ0n) is 43.7. The number of unbranched alkanes of at least 4 members (excludes halogenated alkanes) is 14. The van der Waals surface area contributed by atoms with Crippen molar-refractivity contribution >= 4 is 25.7 Å². The molecule has 0 aromatic rings. The fraction of sp³-hybridized carbons (Fsp3) is 0.638. The van der Waals surface area contributed by atoms with E-state index in [4.69, 9.17) is 23.3 Å². The highest BCUT2D eigenvalue weighted by atomic mass is 31.2. The molecule has 0 heterocycles. The normalized spacial score (nSPS) is 14.3. The molecule has 0 aromatic heterocycles. The van der Waals surface area contributed by atoms with Crippen molar-refractivity contribution in [1.29, 1.82) is 0 Å². The van der Waals surface area contributed by atoms with Crippen LogP contribution in [0.2, 0.25) is 0 Å². The smallest absolute Gasteiger partial charge is 0.462 e. The molecule has 398 valence electrons. The molecule has 0 bridgehead atoms. The van der Waals surface area contributed by atoms with Gasteiger partial charge in [0, 0.05) is 12.8 Å². The third-order valence-corrected chi connectivity index (χ3v) is 11.7. The van der Waals surface area contributed by atoms with Crippen LogP contribution in [0, 0.1) is 0 Å². The quantitative estimate of drug-likeness (QED) is 0.0197. The van der Waals surface area contributed by atoms with Gasteiger partial charge in [0.05, 0.1) is 26.2 Å². The summed E-state index contributed by atoms with van der Waals surface area (Å²) in [5.41, 5.74) is 0. The maximum Gasteiger partial charge on any atom is 0.472 e. The van der Waals surface area contributed by atoms with Gasteiger partial charge in [-0.3, -0.25) is 23.4 Å². The van der Waals surface area contributed by atoms with E-state index in [1.807, 2.05) is 36.5 Å². The number of ether oxygens (including phenoxy) is 3. The first kappa shape index (κ1) is 66.1. The van der Waals surface area contributed by atoms with Crippen LogP contribution in [0.4, 0.5) is 0 Å². The van der Waals surface area contributed by atoms with Gasteiger partial charge in [0.1, 0.15) is 12.7 Å². The molecule has 0 rings (SSSR count). The average molecular weight is 999 g/mol. The second kappa shape index (κ2) is 51.5. The van der Waals surface area contributed by atoms with E-state index in [0.29, 0.717) is 19.3 Å². The Bertz CT molecular complexity index is 1590. The molecular formula is C58H95O11P. The Kier molecular flexibility index (Phi) is 48.7. The van der Waals surface area contributed by atoms with Crippen LogP contribution < -0.4 is 0 Å². The molecule has 0 amide bonds. The largest absolute Gasteiger partial charge is 0.472 e. The lowest BCUT2D eigenvalue weighted by Crippen LogP contribution is -2.30. The molecule has 0 aliphatic carbocycles. The third kappa shape index (κ3) is 49.1. The summed E-state index contributed by atoms with van der Waals surface area (Å²) in [4.78, 5) is 48.3. The van der Waals surface area contributed by atoms with Crippen LogP contribution in [0.15, 0.2) is 109 Å². The summed E-state index contributed by atoms with van der Waals surface area (Å²) in [5, 5.41) is 9.76. The number of aliphatic hydroxyl groups excluding tert-OH is 1. The first-order valence-corrected chi connectivity index (χ1v) is 28.3. The van der Waals surface area contributed by atoms with Gasteiger partial charge in [0.2, 0.25) is 0 Å². The van der Waals surface area contributed by atoms with Crippen LogP contribution in [0.5, 0.6) is 0 Å². The summed E-state index contributed by atoms with van der Waals surface area (Å²) in [5.74, 6) is -1.71. The Balaban J connectivity index is 4.91. The number of esters is 3. The third-order valence-electron chi connectivity index (χ3n) is 10.7. The molecule has 0 radical (unpaired) electrons. The summed E-state index contributed by atoms with van der Waals surface area (Å²) in [6.07, 6.45) is 61.1. The highest BCUT2D eigenvalue weighted by Crippen LogP contribution is 2.43. The predicted molar refractivity (Wildman–Crippen MR) is 288 cm³/mol. The average Bonchev–Trinajstić information content (AvgIpc) is 3.35. The van der Waals surface area contributed by atoms with E-state index in [9.17, 15) is 28.9 Å². The lowest BCUT2D eigenvalue weighted by molar-refractivity contribution is -0.160. The Labute approximate surface area is 425 Å². The molecule has 0 saturated carbocycles. The molecule has 11 nitrogen and oxygen atoms in total. The number of phosphoric ester groups is 1. The van der Waals surface area contributed by atoms with Crippen molar-refractivity contribution in [3.05, 3.63) is 109 Å². The Morgan fingerprint density at radius 1 is 0.429 bits per heavy atom. The van der Waals surface area contributed by atoms with E-state index in [1.165, 1.54) is 70.6 Å². The zero-order chi connectivity index (χ0) is 51.3. The summed E-state index contributed by atoms with van der Waals surface area (Å²) in [6.45, 7) is 4.20. The fourth-order valence-electron chi connectivity index (χ4n) is 6.74. The molecule has 0 spiro atoms. The van der Waals surface area contributed by atoms with Crippen molar-refractivity contribution in [2.24, 2.45) is 0 Å². The number of aliphatic hydroxyl groups is 1. The molecule has 3 unspecified atom stereocenters. The standard InChI is InChI=1S/C58H95O11P/c1-4-7-10-13-16-19-22-25-27-30-32-35-38-41-44-47-56(60)65-51-55(69-58(62)49-46-43-40-37-34-31-28-26-23-20-17-14-11-8-5-2)53-67-70(63,64)66-52-54(50-59)68-57(61)48-45-42-39-36-33-29-24-21-18-15-12-9-6-3/h8-9,11-12,17-18,20-21,26,28-29,33-34,37,39,42-43,46,54-55,59H,4-7,10,13-16,19,22-25,27,30-32,35-36,38,40-41,44-45,47-53H2,1-3H3,(H,63,64)/b11-8-,12-9-,20-17-,21-18-,28-26-,33-29-,37-34-,42-39-,46-43-. The minimum atomic E-state index is -4.79. The molecule has 12 heteroatoms. The van der Waals surface area contributed by atoms with Crippen molar-refractivity contribution in [2.45, 2.75) is 213 Å². The first-order valence-electron chi connectivity index (χ1n) is 26.8. The summed E-state index contributed by atoms with van der Waals surface area (Å²) < 4.78 is 39.2. The molecule has 0 fully saturated rings. The highest BCUT2D eigenvalue weighted by Gasteiger charge is 2.28. The van der Waals surface area contributed by atoms with Crippen LogP contribution in [0.25, 0.3) is 0 Å². The molecule has 2 N–H and O–H groups in total. The second-order valence-electron chi connectivity index (χ2n) is 17.3. The van der Waals surface area contributed by atoms with Crippen LogP contribution in [0.1, 0.15) is 201 Å². The number of carbonyl (C=O) groups is 3. The molecule has 0 aliphatic heterocycles. The molecule has 0 aliphatic rings. The van der Waals surface area contributed by atoms with E-state index in [0.717, 1.165) is 70.6 Å². The lowest BCUT2D eigenvalue weighted by atomic mass is 10.0. The molecule has 3 atom stereocenters. The van der Waals surface area contributed by atoms with Gasteiger partial charge in [0.15, 0.2) is 6.10 Å². The zero-order valence-corrected chi connectivity index (χ0v) is 44.6. The fourth-order valence-corrected chi connectivity index (χ4v) is 7.52. The second-order valence-corrected chi connectivity index (χ2v) is 18.8. The number of hydrogen-bond donors (Lipinski definition) is 2. The first-order chi connectivity index (χ1) is 34.2. The molecule has 70 heavy (non-hydrogen) atoms. The van der Waals surface area contributed by atoms with Gasteiger partial charge in [-0.05, 0) is 70.6 Å². The minimum Gasteiger partial charge on any atom is -0.462 e. The van der Waals surface area contributed by atoms with Crippen molar-refractivity contribution in [3.8, 4) is 0 Å². The van der Waals surface area contributed by atoms with Crippen molar-refractivity contribution in [2.75, 3.05) is 26.4 Å². The van der Waals surface area contributed by atoms with Gasteiger partial charge < -0.3 is 24.2 Å². The van der Waals surface area contributed by atoms with Gasteiger partial charge in [-0.1, -0.05) is 220 Å². The maximum atomic E-state index is 12.8. The highest BCUT2D eigenvalue weighted by molar-refractivity contribution is 7.47. The SMILES string of the molecule is CC/C=C\C/C=C\C/C=C\C/C=C\C/C=C\CC(=O)OC(COC(=O)CCCCCCCCCCCCCCCCC)COP(=O)(O)OCC(CO)OC(=O)CC/C=C\C/C=C\C/C=C\C/C=C\CC. The number of allylic oxidation sites excluding steroid dienone is 17. The van der Waals surface area contributed by atoms with E-state index in [-0.39, 0.29) is 25.9 Å². The van der Waals surface area contributed by atoms with Crippen molar-refractivity contribution < 1.29 is 52.2 Å². The summed E-state index contributed by atoms with van der Waals surface area (Å²) in [7, 11) is -4.79. The minimum absolute atomic E-state index is 0.0445. The van der Waals surface area contributed by atoms with Gasteiger partial charge in [-0.2, -0.15) is 0 Å². The number of carbonyl (C=O) groups excluding carboxylic acids is 3. The van der Waals surface area contributed by atoms with E-state index < -0.39 is 57.8 Å². The Morgan fingerprint density at radius 2 is 0.800 bits per heavy atom. The van der Waals surface area contributed by atoms with E-state index in [2.05, 4.69) is 87.6 Å². The summed E-state index contributed by atoms with van der Waals surface area (Å²) >= 11 is 0. The molecule has 0 saturated heterocycles. The number of phosphoric acid groups is 1. The van der Waals surface area contributed by atoms with Gasteiger partial charge in [-0.25, -0.2) is 4.57 Å². The lowest BCUT2D eigenvalue weighted by Gasteiger charge is -2.21. The number of rotatable bonds is 48. The van der Waals surface area contributed by atoms with Crippen LogP contribution in [0.3, 0.4) is 0 Å². The van der Waals surface area contributed by atoms with E-state index in [1.54, 1.807) is 6.08 Å². The van der Waals surface area contributed by atoms with Crippen LogP contribution in [-0.4, -0.2) is 66.5 Å². The van der Waals surface area contributed by atoms with Crippen molar-refractivity contribution in [3.63, 3.8) is 0 Å². The monoisotopic (exact) mass is 999 g/mol. The van der Waals surface area contributed by atoms with Gasteiger partial charge >= 0.3 is 25.7 Å². The molecule has 0 aromatic carbocycles.